The lowest BCUT2D eigenvalue weighted by Crippen LogP contribution is -2.54. The van der Waals surface area contributed by atoms with Gasteiger partial charge in [-0.25, -0.2) is 4.98 Å². The minimum atomic E-state index is -0.768. The van der Waals surface area contributed by atoms with E-state index in [-0.39, 0.29) is 17.9 Å². The zero-order valence-corrected chi connectivity index (χ0v) is 14.6. The van der Waals surface area contributed by atoms with Crippen LogP contribution in [-0.4, -0.2) is 53.9 Å². The first-order valence-corrected chi connectivity index (χ1v) is 9.45. The second kappa shape index (κ2) is 6.65. The van der Waals surface area contributed by atoms with Gasteiger partial charge in [0.05, 0.1) is 0 Å². The molecule has 134 valence electrons. The van der Waals surface area contributed by atoms with Crippen LogP contribution in [0, 0.1) is 5.41 Å². The summed E-state index contributed by atoms with van der Waals surface area (Å²) in [5.41, 5.74) is -0.768. The summed E-state index contributed by atoms with van der Waals surface area (Å²) in [5, 5.41) is 3.13. The molecule has 1 aromatic rings. The molecule has 25 heavy (non-hydrogen) atoms. The van der Waals surface area contributed by atoms with E-state index in [1.165, 1.54) is 12.8 Å². The number of pyridine rings is 1. The first-order valence-electron chi connectivity index (χ1n) is 9.45. The van der Waals surface area contributed by atoms with Gasteiger partial charge in [-0.3, -0.25) is 9.59 Å². The van der Waals surface area contributed by atoms with E-state index in [0.717, 1.165) is 31.7 Å². The van der Waals surface area contributed by atoms with Crippen molar-refractivity contribution in [2.75, 3.05) is 31.1 Å². The molecule has 0 bridgehead atoms. The van der Waals surface area contributed by atoms with Crippen molar-refractivity contribution in [3.8, 4) is 0 Å². The van der Waals surface area contributed by atoms with Crippen LogP contribution in [0.1, 0.15) is 38.5 Å². The Hall–Kier alpha value is -2.11. The van der Waals surface area contributed by atoms with Crippen LogP contribution >= 0.6 is 0 Å². The maximum Gasteiger partial charge on any atom is 0.238 e. The van der Waals surface area contributed by atoms with E-state index in [1.807, 2.05) is 23.1 Å². The standard InChI is InChI=1S/C19H26N4O2/c24-17(21-15-5-1-2-6-15)19(8-9-19)18(25)23-13-11-22(12-14-23)16-7-3-4-10-20-16/h3-4,7,10,15H,1-2,5-6,8-9,11-14H2,(H,21,24). The summed E-state index contributed by atoms with van der Waals surface area (Å²) in [7, 11) is 0. The van der Waals surface area contributed by atoms with Crippen molar-refractivity contribution in [1.29, 1.82) is 0 Å². The smallest absolute Gasteiger partial charge is 0.238 e. The van der Waals surface area contributed by atoms with E-state index in [1.54, 1.807) is 6.20 Å². The highest BCUT2D eigenvalue weighted by molar-refractivity contribution is 6.08. The predicted octanol–water partition coefficient (Wildman–Crippen LogP) is 1.57. The third-order valence-electron chi connectivity index (χ3n) is 5.82. The van der Waals surface area contributed by atoms with Gasteiger partial charge in [0.15, 0.2) is 0 Å². The molecular weight excluding hydrogens is 316 g/mol. The molecular formula is C19H26N4O2. The van der Waals surface area contributed by atoms with Gasteiger partial charge in [0, 0.05) is 38.4 Å². The summed E-state index contributed by atoms with van der Waals surface area (Å²) in [4.78, 5) is 34.1. The minimum absolute atomic E-state index is 0.0310. The van der Waals surface area contributed by atoms with Crippen LogP contribution < -0.4 is 10.2 Å². The van der Waals surface area contributed by atoms with Crippen LogP contribution in [0.5, 0.6) is 0 Å². The minimum Gasteiger partial charge on any atom is -0.353 e. The van der Waals surface area contributed by atoms with Crippen molar-refractivity contribution in [3.63, 3.8) is 0 Å². The van der Waals surface area contributed by atoms with Crippen LogP contribution in [-0.2, 0) is 9.59 Å². The fraction of sp³-hybridized carbons (Fsp3) is 0.632. The molecule has 2 heterocycles. The van der Waals surface area contributed by atoms with Crippen molar-refractivity contribution in [2.24, 2.45) is 5.41 Å². The monoisotopic (exact) mass is 342 g/mol. The average Bonchev–Trinajstić information content (AvgIpc) is 3.33. The Morgan fingerprint density at radius 1 is 1.08 bits per heavy atom. The molecule has 1 aromatic heterocycles. The molecule has 0 radical (unpaired) electrons. The molecule has 0 spiro atoms. The molecule has 3 fully saturated rings. The summed E-state index contributed by atoms with van der Waals surface area (Å²) >= 11 is 0. The summed E-state index contributed by atoms with van der Waals surface area (Å²) in [6.45, 7) is 2.86. The molecule has 1 aliphatic heterocycles. The number of piperazine rings is 1. The Morgan fingerprint density at radius 2 is 1.80 bits per heavy atom. The number of nitrogens with one attached hydrogen (secondary N) is 1. The molecule has 6 heteroatoms. The van der Waals surface area contributed by atoms with Gasteiger partial charge in [0.2, 0.25) is 11.8 Å². The number of aromatic nitrogens is 1. The summed E-state index contributed by atoms with van der Waals surface area (Å²) in [6, 6.07) is 6.16. The van der Waals surface area contributed by atoms with Gasteiger partial charge < -0.3 is 15.1 Å². The van der Waals surface area contributed by atoms with Crippen molar-refractivity contribution >= 4 is 17.6 Å². The lowest BCUT2D eigenvalue weighted by Gasteiger charge is -2.37. The van der Waals surface area contributed by atoms with Gasteiger partial charge >= 0.3 is 0 Å². The molecule has 2 amide bonds. The summed E-state index contributed by atoms with van der Waals surface area (Å²) in [5.74, 6) is 0.954. The lowest BCUT2D eigenvalue weighted by atomic mass is 10.0. The van der Waals surface area contributed by atoms with Gasteiger partial charge in [-0.1, -0.05) is 18.9 Å². The van der Waals surface area contributed by atoms with E-state index >= 15 is 0 Å². The molecule has 6 nitrogen and oxygen atoms in total. The topological polar surface area (TPSA) is 65.5 Å². The fourth-order valence-corrected chi connectivity index (χ4v) is 4.04. The Bertz CT molecular complexity index is 630. The zero-order chi connectivity index (χ0) is 17.3. The molecule has 1 saturated heterocycles. The second-order valence-corrected chi connectivity index (χ2v) is 7.50. The summed E-state index contributed by atoms with van der Waals surface area (Å²) in [6.07, 6.45) is 7.66. The molecule has 0 aromatic carbocycles. The van der Waals surface area contributed by atoms with E-state index in [9.17, 15) is 9.59 Å². The van der Waals surface area contributed by atoms with Gasteiger partial charge in [-0.15, -0.1) is 0 Å². The number of hydrogen-bond acceptors (Lipinski definition) is 4. The van der Waals surface area contributed by atoms with E-state index < -0.39 is 5.41 Å². The first-order chi connectivity index (χ1) is 12.2. The normalized spacial score (nSPS) is 22.7. The molecule has 2 aliphatic carbocycles. The highest BCUT2D eigenvalue weighted by Crippen LogP contribution is 2.48. The number of carbonyl (C=O) groups excluding carboxylic acids is 2. The van der Waals surface area contributed by atoms with E-state index in [0.29, 0.717) is 25.9 Å². The van der Waals surface area contributed by atoms with Crippen LogP contribution in [0.15, 0.2) is 24.4 Å². The zero-order valence-electron chi connectivity index (χ0n) is 14.6. The Labute approximate surface area is 148 Å². The molecule has 4 rings (SSSR count). The van der Waals surface area contributed by atoms with Crippen molar-refractivity contribution in [3.05, 3.63) is 24.4 Å². The molecule has 0 atom stereocenters. The highest BCUT2D eigenvalue weighted by atomic mass is 16.2. The molecule has 3 aliphatic rings. The Balaban J connectivity index is 1.34. The quantitative estimate of drug-likeness (QED) is 0.844. The van der Waals surface area contributed by atoms with Gasteiger partial charge in [0.25, 0.3) is 0 Å². The fourth-order valence-electron chi connectivity index (χ4n) is 4.04. The lowest BCUT2D eigenvalue weighted by molar-refractivity contribution is -0.144. The Morgan fingerprint density at radius 3 is 2.40 bits per heavy atom. The van der Waals surface area contributed by atoms with Crippen molar-refractivity contribution in [2.45, 2.75) is 44.6 Å². The van der Waals surface area contributed by atoms with Crippen molar-refractivity contribution in [1.82, 2.24) is 15.2 Å². The summed E-state index contributed by atoms with van der Waals surface area (Å²) < 4.78 is 0. The Kier molecular flexibility index (Phi) is 4.36. The van der Waals surface area contributed by atoms with E-state index in [4.69, 9.17) is 0 Å². The average molecular weight is 342 g/mol. The maximum atomic E-state index is 13.0. The SMILES string of the molecule is O=C(NC1CCCC1)C1(C(=O)N2CCN(c3ccccn3)CC2)CC1. The molecule has 0 unspecified atom stereocenters. The molecule has 2 saturated carbocycles. The maximum absolute atomic E-state index is 13.0. The first kappa shape index (κ1) is 16.4. The van der Waals surface area contributed by atoms with Crippen LogP contribution in [0.3, 0.4) is 0 Å². The number of rotatable bonds is 4. The predicted molar refractivity (Wildman–Crippen MR) is 95.1 cm³/mol. The second-order valence-electron chi connectivity index (χ2n) is 7.50. The number of carbonyl (C=O) groups is 2. The number of anilines is 1. The highest BCUT2D eigenvalue weighted by Gasteiger charge is 2.58. The van der Waals surface area contributed by atoms with Crippen LogP contribution in [0.2, 0.25) is 0 Å². The third-order valence-corrected chi connectivity index (χ3v) is 5.82. The van der Waals surface area contributed by atoms with Crippen LogP contribution in [0.25, 0.3) is 0 Å². The van der Waals surface area contributed by atoms with Crippen molar-refractivity contribution < 1.29 is 9.59 Å². The largest absolute Gasteiger partial charge is 0.353 e. The number of hydrogen-bond donors (Lipinski definition) is 1. The molecule has 1 N–H and O–H groups in total. The number of amides is 2. The van der Waals surface area contributed by atoms with Gasteiger partial charge in [0.1, 0.15) is 11.2 Å². The van der Waals surface area contributed by atoms with E-state index in [2.05, 4.69) is 15.2 Å². The number of nitrogens with zero attached hydrogens (tertiary/aromatic N) is 3. The van der Waals surface area contributed by atoms with Gasteiger partial charge in [-0.2, -0.15) is 0 Å². The third kappa shape index (κ3) is 3.22. The van der Waals surface area contributed by atoms with Gasteiger partial charge in [-0.05, 0) is 37.8 Å². The van der Waals surface area contributed by atoms with Crippen LogP contribution in [0.4, 0.5) is 5.82 Å².